The lowest BCUT2D eigenvalue weighted by molar-refractivity contribution is -0.120. The highest BCUT2D eigenvalue weighted by molar-refractivity contribution is 7.90. The zero-order chi connectivity index (χ0) is 27.0. The van der Waals surface area contributed by atoms with Gasteiger partial charge in [-0.25, -0.2) is 17.9 Å². The third-order valence-corrected chi connectivity index (χ3v) is 6.92. The first kappa shape index (κ1) is 27.2. The van der Waals surface area contributed by atoms with Gasteiger partial charge in [0.05, 0.1) is 4.90 Å². The summed E-state index contributed by atoms with van der Waals surface area (Å²) in [4.78, 5) is 38.4. The van der Waals surface area contributed by atoms with E-state index in [0.29, 0.717) is 17.0 Å². The standard InChI is InChI=1S/C26H28N4O6S/c1-18-8-6-7-11-23(18)37(34,35)29-26(33)28-22(16-19-9-4-3-5-10-19)25(32)30(2)20-12-14-21(15-13-20)36-17-24(27)31/h3-15,22H,16-17H2,1-2H3,(H2,27,31)(H2,28,29,33). The summed E-state index contributed by atoms with van der Waals surface area (Å²) >= 11 is 0. The Morgan fingerprint density at radius 2 is 1.57 bits per heavy atom. The van der Waals surface area contributed by atoms with Gasteiger partial charge in [0.25, 0.3) is 15.9 Å². The molecule has 3 aromatic carbocycles. The molecule has 0 saturated heterocycles. The van der Waals surface area contributed by atoms with E-state index in [1.54, 1.807) is 73.7 Å². The average molecular weight is 525 g/mol. The van der Waals surface area contributed by atoms with Gasteiger partial charge in [-0.1, -0.05) is 48.5 Å². The SMILES string of the molecule is Cc1ccccc1S(=O)(=O)NC(=O)NC(Cc1ccccc1)C(=O)N(C)c1ccc(OCC(N)=O)cc1. The Bertz CT molecular complexity index is 1360. The maximum absolute atomic E-state index is 13.4. The smallest absolute Gasteiger partial charge is 0.329 e. The van der Waals surface area contributed by atoms with Crippen LogP contribution in [0.15, 0.2) is 83.8 Å². The van der Waals surface area contributed by atoms with Crippen LogP contribution in [-0.2, 0) is 26.0 Å². The first-order chi connectivity index (χ1) is 17.6. The molecule has 1 atom stereocenters. The molecule has 3 rings (SSSR count). The summed E-state index contributed by atoms with van der Waals surface area (Å²) in [5.41, 5.74) is 6.81. The molecule has 0 saturated carbocycles. The number of aryl methyl sites for hydroxylation is 1. The second kappa shape index (κ2) is 12.0. The van der Waals surface area contributed by atoms with Gasteiger partial charge in [-0.05, 0) is 48.4 Å². The van der Waals surface area contributed by atoms with Gasteiger partial charge >= 0.3 is 6.03 Å². The third kappa shape index (κ3) is 7.55. The lowest BCUT2D eigenvalue weighted by Gasteiger charge is -2.25. The molecule has 0 radical (unpaired) electrons. The number of likely N-dealkylation sites (N-methyl/N-ethyl adjacent to an activating group) is 1. The number of hydrogen-bond acceptors (Lipinski definition) is 6. The highest BCUT2D eigenvalue weighted by Crippen LogP contribution is 2.20. The van der Waals surface area contributed by atoms with Crippen molar-refractivity contribution in [3.05, 3.63) is 90.0 Å². The van der Waals surface area contributed by atoms with Crippen LogP contribution in [-0.4, -0.2) is 46.0 Å². The Morgan fingerprint density at radius 3 is 2.19 bits per heavy atom. The molecule has 1 unspecified atom stereocenters. The van der Waals surface area contributed by atoms with Crippen molar-refractivity contribution in [2.45, 2.75) is 24.3 Å². The molecular weight excluding hydrogens is 496 g/mol. The second-order valence-electron chi connectivity index (χ2n) is 8.23. The molecule has 37 heavy (non-hydrogen) atoms. The lowest BCUT2D eigenvalue weighted by Crippen LogP contribution is -2.52. The van der Waals surface area contributed by atoms with Crippen molar-refractivity contribution in [2.24, 2.45) is 5.73 Å². The fourth-order valence-corrected chi connectivity index (χ4v) is 4.72. The van der Waals surface area contributed by atoms with Gasteiger partial charge < -0.3 is 20.7 Å². The maximum atomic E-state index is 13.4. The number of urea groups is 1. The van der Waals surface area contributed by atoms with Crippen molar-refractivity contribution >= 4 is 33.6 Å². The number of primary amides is 1. The first-order valence-electron chi connectivity index (χ1n) is 11.3. The molecule has 3 aromatic rings. The highest BCUT2D eigenvalue weighted by Gasteiger charge is 2.27. The largest absolute Gasteiger partial charge is 0.484 e. The van der Waals surface area contributed by atoms with Crippen molar-refractivity contribution in [3.63, 3.8) is 0 Å². The van der Waals surface area contributed by atoms with Crippen molar-refractivity contribution in [1.82, 2.24) is 10.0 Å². The molecule has 0 aliphatic carbocycles. The molecule has 0 bridgehead atoms. The van der Waals surface area contributed by atoms with Crippen LogP contribution in [0.5, 0.6) is 5.75 Å². The fourth-order valence-electron chi connectivity index (χ4n) is 3.55. The molecule has 0 aliphatic heterocycles. The van der Waals surface area contributed by atoms with E-state index in [4.69, 9.17) is 10.5 Å². The summed E-state index contributed by atoms with van der Waals surface area (Å²) < 4.78 is 32.7. The molecule has 0 spiro atoms. The van der Waals surface area contributed by atoms with Gasteiger partial charge in [-0.2, -0.15) is 0 Å². The van der Waals surface area contributed by atoms with E-state index in [1.165, 1.54) is 18.0 Å². The van der Waals surface area contributed by atoms with Crippen molar-refractivity contribution < 1.29 is 27.5 Å². The molecule has 4 N–H and O–H groups in total. The number of anilines is 1. The molecule has 0 aliphatic rings. The van der Waals surface area contributed by atoms with E-state index in [9.17, 15) is 22.8 Å². The summed E-state index contributed by atoms with van der Waals surface area (Å²) in [5.74, 6) is -0.699. The normalized spacial score (nSPS) is 11.7. The molecule has 10 nitrogen and oxygen atoms in total. The number of carbonyl (C=O) groups excluding carboxylic acids is 3. The Morgan fingerprint density at radius 1 is 0.946 bits per heavy atom. The van der Waals surface area contributed by atoms with E-state index in [1.807, 2.05) is 10.8 Å². The Kier molecular flexibility index (Phi) is 8.86. The maximum Gasteiger partial charge on any atom is 0.329 e. The Balaban J connectivity index is 1.78. The Labute approximate surface area is 215 Å². The highest BCUT2D eigenvalue weighted by atomic mass is 32.2. The fraction of sp³-hybridized carbons (Fsp3) is 0.192. The van der Waals surface area contributed by atoms with Gasteiger partial charge in [-0.15, -0.1) is 0 Å². The summed E-state index contributed by atoms with van der Waals surface area (Å²) in [6.45, 7) is 1.34. The van der Waals surface area contributed by atoms with Crippen molar-refractivity contribution in [1.29, 1.82) is 0 Å². The van der Waals surface area contributed by atoms with E-state index in [-0.39, 0.29) is 17.9 Å². The topological polar surface area (TPSA) is 148 Å². The minimum absolute atomic E-state index is 0.0353. The van der Waals surface area contributed by atoms with Crippen LogP contribution in [0, 0.1) is 6.92 Å². The van der Waals surface area contributed by atoms with Crippen molar-refractivity contribution in [2.75, 3.05) is 18.6 Å². The molecule has 4 amide bonds. The van der Waals surface area contributed by atoms with E-state index in [0.717, 1.165) is 5.56 Å². The third-order valence-electron chi connectivity index (χ3n) is 5.43. The van der Waals surface area contributed by atoms with Crippen LogP contribution in [0.25, 0.3) is 0 Å². The number of sulfonamides is 1. The number of nitrogens with zero attached hydrogens (tertiary/aromatic N) is 1. The number of amides is 4. The molecule has 0 aromatic heterocycles. The number of nitrogens with two attached hydrogens (primary N) is 1. The van der Waals surface area contributed by atoms with Crippen LogP contribution in [0.1, 0.15) is 11.1 Å². The van der Waals surface area contributed by atoms with E-state index < -0.39 is 33.9 Å². The summed E-state index contributed by atoms with van der Waals surface area (Å²) in [5, 5.41) is 2.51. The van der Waals surface area contributed by atoms with Gasteiger partial charge in [0.1, 0.15) is 11.8 Å². The minimum atomic E-state index is -4.16. The zero-order valence-electron chi connectivity index (χ0n) is 20.4. The van der Waals surface area contributed by atoms with Crippen LogP contribution in [0.3, 0.4) is 0 Å². The number of carbonyl (C=O) groups is 3. The zero-order valence-corrected chi connectivity index (χ0v) is 21.2. The number of nitrogens with one attached hydrogen (secondary N) is 2. The lowest BCUT2D eigenvalue weighted by atomic mass is 10.0. The number of benzene rings is 3. The quantitative estimate of drug-likeness (QED) is 0.370. The van der Waals surface area contributed by atoms with Gasteiger partial charge in [0.2, 0.25) is 5.91 Å². The summed E-state index contributed by atoms with van der Waals surface area (Å²) in [6, 6.07) is 19.5. The van der Waals surface area contributed by atoms with Gasteiger partial charge in [-0.3, -0.25) is 9.59 Å². The monoisotopic (exact) mass is 524 g/mol. The number of ether oxygens (including phenoxy) is 1. The minimum Gasteiger partial charge on any atom is -0.484 e. The average Bonchev–Trinajstić information content (AvgIpc) is 2.87. The van der Waals surface area contributed by atoms with E-state index in [2.05, 4.69) is 5.32 Å². The Hall–Kier alpha value is -4.38. The van der Waals surface area contributed by atoms with Gasteiger partial charge in [0.15, 0.2) is 6.61 Å². The van der Waals surface area contributed by atoms with Gasteiger partial charge in [0, 0.05) is 19.2 Å². The van der Waals surface area contributed by atoms with Crippen molar-refractivity contribution in [3.8, 4) is 5.75 Å². The number of rotatable bonds is 10. The molecule has 194 valence electrons. The number of hydrogen-bond donors (Lipinski definition) is 3. The van der Waals surface area contributed by atoms with Crippen LogP contribution >= 0.6 is 0 Å². The van der Waals surface area contributed by atoms with E-state index >= 15 is 0 Å². The second-order valence-corrected chi connectivity index (χ2v) is 9.88. The van der Waals surface area contributed by atoms with Crippen LogP contribution in [0.4, 0.5) is 10.5 Å². The predicted molar refractivity (Wildman–Crippen MR) is 139 cm³/mol. The molecule has 0 heterocycles. The van der Waals surface area contributed by atoms with Crippen LogP contribution < -0.4 is 25.4 Å². The molecule has 0 fully saturated rings. The summed E-state index contributed by atoms with van der Waals surface area (Å²) in [6.07, 6.45) is 0.127. The molecule has 11 heteroatoms. The summed E-state index contributed by atoms with van der Waals surface area (Å²) in [7, 11) is -2.63. The molecular formula is C26H28N4O6S. The first-order valence-corrected chi connectivity index (χ1v) is 12.8. The predicted octanol–water partition coefficient (Wildman–Crippen LogP) is 2.12. The van der Waals surface area contributed by atoms with Crippen LogP contribution in [0.2, 0.25) is 0 Å².